The SMILES string of the molecule is O=C(CN1CCOCC1)N[C@@H]1C[C@@H]2CC[C@H]1C2. The fourth-order valence-corrected chi connectivity index (χ4v) is 3.64. The number of rotatable bonds is 3. The fraction of sp³-hybridized carbons (Fsp3) is 0.923. The van der Waals surface area contributed by atoms with Gasteiger partial charge in [0.05, 0.1) is 19.8 Å². The molecule has 0 aromatic rings. The highest BCUT2D eigenvalue weighted by Gasteiger charge is 2.40. The Morgan fingerprint density at radius 1 is 1.24 bits per heavy atom. The maximum absolute atomic E-state index is 11.9. The van der Waals surface area contributed by atoms with E-state index in [4.69, 9.17) is 4.74 Å². The second-order valence-corrected chi connectivity index (χ2v) is 5.74. The first-order valence-electron chi connectivity index (χ1n) is 6.91. The van der Waals surface area contributed by atoms with Crippen LogP contribution < -0.4 is 5.32 Å². The third-order valence-electron chi connectivity index (χ3n) is 4.56. The van der Waals surface area contributed by atoms with Crippen LogP contribution in [0.25, 0.3) is 0 Å². The maximum Gasteiger partial charge on any atom is 0.234 e. The van der Waals surface area contributed by atoms with Gasteiger partial charge in [-0.3, -0.25) is 9.69 Å². The molecule has 0 spiro atoms. The van der Waals surface area contributed by atoms with E-state index >= 15 is 0 Å². The molecule has 2 saturated carbocycles. The van der Waals surface area contributed by atoms with E-state index in [1.165, 1.54) is 25.7 Å². The zero-order valence-electron chi connectivity index (χ0n) is 10.4. The van der Waals surface area contributed by atoms with E-state index in [2.05, 4.69) is 10.2 Å². The lowest BCUT2D eigenvalue weighted by molar-refractivity contribution is -0.124. The normalized spacial score (nSPS) is 37.3. The fourth-order valence-electron chi connectivity index (χ4n) is 3.64. The van der Waals surface area contributed by atoms with E-state index in [1.807, 2.05) is 0 Å². The van der Waals surface area contributed by atoms with Gasteiger partial charge in [-0.1, -0.05) is 6.42 Å². The number of nitrogens with one attached hydrogen (secondary N) is 1. The molecule has 4 nitrogen and oxygen atoms in total. The van der Waals surface area contributed by atoms with E-state index in [0.29, 0.717) is 12.6 Å². The summed E-state index contributed by atoms with van der Waals surface area (Å²) in [6, 6.07) is 0.474. The molecule has 17 heavy (non-hydrogen) atoms. The van der Waals surface area contributed by atoms with Crippen LogP contribution in [0.3, 0.4) is 0 Å². The minimum Gasteiger partial charge on any atom is -0.379 e. The summed E-state index contributed by atoms with van der Waals surface area (Å²) in [6.07, 6.45) is 5.29. The van der Waals surface area contributed by atoms with Gasteiger partial charge in [-0.15, -0.1) is 0 Å². The van der Waals surface area contributed by atoms with Gasteiger partial charge in [-0.2, -0.15) is 0 Å². The number of ether oxygens (including phenoxy) is 1. The van der Waals surface area contributed by atoms with Crippen LogP contribution in [0, 0.1) is 11.8 Å². The average Bonchev–Trinajstić information content (AvgIpc) is 2.92. The lowest BCUT2D eigenvalue weighted by Gasteiger charge is -2.28. The van der Waals surface area contributed by atoms with Gasteiger partial charge in [0.15, 0.2) is 0 Å². The third kappa shape index (κ3) is 2.63. The summed E-state index contributed by atoms with van der Waals surface area (Å²) >= 11 is 0. The molecule has 3 aliphatic rings. The molecule has 1 N–H and O–H groups in total. The summed E-state index contributed by atoms with van der Waals surface area (Å²) in [5, 5.41) is 3.24. The molecule has 3 atom stereocenters. The van der Waals surface area contributed by atoms with E-state index < -0.39 is 0 Å². The van der Waals surface area contributed by atoms with Crippen molar-refractivity contribution in [1.82, 2.24) is 10.2 Å². The summed E-state index contributed by atoms with van der Waals surface area (Å²) in [7, 11) is 0. The molecule has 1 aliphatic heterocycles. The Balaban J connectivity index is 1.44. The van der Waals surface area contributed by atoms with Gasteiger partial charge >= 0.3 is 0 Å². The topological polar surface area (TPSA) is 41.6 Å². The van der Waals surface area contributed by atoms with Crippen molar-refractivity contribution in [2.24, 2.45) is 11.8 Å². The molecule has 4 heteroatoms. The van der Waals surface area contributed by atoms with Crippen LogP contribution in [-0.2, 0) is 9.53 Å². The molecule has 2 bridgehead atoms. The highest BCUT2D eigenvalue weighted by atomic mass is 16.5. The van der Waals surface area contributed by atoms with Crippen molar-refractivity contribution >= 4 is 5.91 Å². The van der Waals surface area contributed by atoms with Gasteiger partial charge in [-0.05, 0) is 31.1 Å². The van der Waals surface area contributed by atoms with Crippen LogP contribution in [0.1, 0.15) is 25.7 Å². The molecule has 0 radical (unpaired) electrons. The molecule has 0 aromatic carbocycles. The highest BCUT2D eigenvalue weighted by Crippen LogP contribution is 2.44. The number of carbonyl (C=O) groups is 1. The van der Waals surface area contributed by atoms with Crippen LogP contribution in [0.2, 0.25) is 0 Å². The van der Waals surface area contributed by atoms with Crippen molar-refractivity contribution in [2.45, 2.75) is 31.7 Å². The Bertz CT molecular complexity index is 289. The number of amides is 1. The molecular weight excluding hydrogens is 216 g/mol. The van der Waals surface area contributed by atoms with E-state index in [-0.39, 0.29) is 5.91 Å². The van der Waals surface area contributed by atoms with Gasteiger partial charge in [-0.25, -0.2) is 0 Å². The zero-order chi connectivity index (χ0) is 11.7. The number of morpholine rings is 1. The first-order valence-corrected chi connectivity index (χ1v) is 6.91. The zero-order valence-corrected chi connectivity index (χ0v) is 10.4. The lowest BCUT2D eigenvalue weighted by atomic mass is 9.95. The maximum atomic E-state index is 11.9. The van der Waals surface area contributed by atoms with E-state index in [0.717, 1.165) is 38.1 Å². The largest absolute Gasteiger partial charge is 0.379 e. The summed E-state index contributed by atoms with van der Waals surface area (Å²) in [6.45, 7) is 3.87. The molecule has 1 amide bonds. The van der Waals surface area contributed by atoms with Crippen molar-refractivity contribution in [1.29, 1.82) is 0 Å². The van der Waals surface area contributed by atoms with Gasteiger partial charge in [0.25, 0.3) is 0 Å². The molecule has 2 aliphatic carbocycles. The Kier molecular flexibility index (Phi) is 3.34. The second-order valence-electron chi connectivity index (χ2n) is 5.74. The summed E-state index contributed by atoms with van der Waals surface area (Å²) in [5.74, 6) is 1.88. The lowest BCUT2D eigenvalue weighted by Crippen LogP contribution is -2.47. The number of carbonyl (C=O) groups excluding carboxylic acids is 1. The van der Waals surface area contributed by atoms with Crippen LogP contribution in [0.4, 0.5) is 0 Å². The number of hydrogen-bond acceptors (Lipinski definition) is 3. The predicted octanol–water partition coefficient (Wildman–Crippen LogP) is 0.623. The number of fused-ring (bicyclic) bond motifs is 2. The highest BCUT2D eigenvalue weighted by molar-refractivity contribution is 5.78. The van der Waals surface area contributed by atoms with Crippen molar-refractivity contribution in [3.05, 3.63) is 0 Å². The first-order chi connectivity index (χ1) is 8.31. The molecule has 96 valence electrons. The molecule has 3 rings (SSSR count). The monoisotopic (exact) mass is 238 g/mol. The van der Waals surface area contributed by atoms with Crippen LogP contribution in [-0.4, -0.2) is 49.7 Å². The van der Waals surface area contributed by atoms with Crippen molar-refractivity contribution in [3.8, 4) is 0 Å². The Morgan fingerprint density at radius 3 is 2.71 bits per heavy atom. The smallest absolute Gasteiger partial charge is 0.234 e. The first kappa shape index (κ1) is 11.5. The van der Waals surface area contributed by atoms with Gasteiger partial charge in [0.1, 0.15) is 0 Å². The van der Waals surface area contributed by atoms with Gasteiger partial charge < -0.3 is 10.1 Å². The minimum atomic E-state index is 0.212. The van der Waals surface area contributed by atoms with Gasteiger partial charge in [0.2, 0.25) is 5.91 Å². The van der Waals surface area contributed by atoms with Crippen molar-refractivity contribution < 1.29 is 9.53 Å². The molecule has 0 unspecified atom stereocenters. The van der Waals surface area contributed by atoms with Crippen molar-refractivity contribution in [2.75, 3.05) is 32.8 Å². The molecule has 3 fully saturated rings. The van der Waals surface area contributed by atoms with Crippen LogP contribution >= 0.6 is 0 Å². The summed E-state index contributed by atoms with van der Waals surface area (Å²) in [5.41, 5.74) is 0. The standard InChI is InChI=1S/C13H22N2O2/c16-13(9-15-3-5-17-6-4-15)14-12-8-10-1-2-11(12)7-10/h10-12H,1-9H2,(H,14,16)/t10-,11+,12-/m1/s1. The predicted molar refractivity (Wildman–Crippen MR) is 64.6 cm³/mol. The third-order valence-corrected chi connectivity index (χ3v) is 4.56. The molecule has 1 heterocycles. The molecular formula is C13H22N2O2. The number of nitrogens with zero attached hydrogens (tertiary/aromatic N) is 1. The minimum absolute atomic E-state index is 0.212. The van der Waals surface area contributed by atoms with E-state index in [1.54, 1.807) is 0 Å². The number of hydrogen-bond donors (Lipinski definition) is 1. The summed E-state index contributed by atoms with van der Waals surface area (Å²) < 4.78 is 5.28. The van der Waals surface area contributed by atoms with Crippen LogP contribution in [0.5, 0.6) is 0 Å². The summed E-state index contributed by atoms with van der Waals surface area (Å²) in [4.78, 5) is 14.1. The molecule has 0 aromatic heterocycles. The van der Waals surface area contributed by atoms with Gasteiger partial charge in [0, 0.05) is 19.1 Å². The second kappa shape index (κ2) is 4.94. The Hall–Kier alpha value is -0.610. The van der Waals surface area contributed by atoms with E-state index in [9.17, 15) is 4.79 Å². The Morgan fingerprint density at radius 2 is 2.06 bits per heavy atom. The Labute approximate surface area is 103 Å². The molecule has 1 saturated heterocycles. The van der Waals surface area contributed by atoms with Crippen molar-refractivity contribution in [3.63, 3.8) is 0 Å². The quantitative estimate of drug-likeness (QED) is 0.784. The van der Waals surface area contributed by atoms with Crippen LogP contribution in [0.15, 0.2) is 0 Å². The average molecular weight is 238 g/mol.